The molecule has 57 heavy (non-hydrogen) atoms. The number of nitrogen functional groups attached to an aromatic ring is 1. The van der Waals surface area contributed by atoms with E-state index in [0.29, 0.717) is 41.3 Å². The minimum absolute atomic E-state index is 0.0189. The molecule has 1 fully saturated rings. The van der Waals surface area contributed by atoms with Gasteiger partial charge in [-0.25, -0.2) is 0 Å². The summed E-state index contributed by atoms with van der Waals surface area (Å²) >= 11 is 0. The molecule has 2 aliphatic heterocycles. The number of aliphatic hydroxyl groups is 1. The maximum Gasteiger partial charge on any atom is 0.264 e. The van der Waals surface area contributed by atoms with Crippen molar-refractivity contribution in [2.24, 2.45) is 5.92 Å². The molecule has 4 atom stereocenters. The van der Waals surface area contributed by atoms with Crippen molar-refractivity contribution in [2.45, 2.75) is 56.8 Å². The standard InChI is InChI=1S/C46H50N4O6Si/c1-31-43(57(3,4)38-22-20-37(55-2)21-23-38)41(28-42(52)49(25-26-51)29-32-11-7-5-8-12-32)56-46(31)39-27-36(48-44(53)34-15-17-35(47)18-16-34)19-24-40(39)50(45(46)54)30-33-13-9-6-10-14-33/h5-24,27,31,41,43,51H,25-26,28-30,47H2,1-4H3,(H,48,53)/t31-,41+,43-,46+/m0/s1. The average Bonchev–Trinajstić information content (AvgIpc) is 3.64. The van der Waals surface area contributed by atoms with Gasteiger partial charge >= 0.3 is 0 Å². The molecule has 5 aromatic rings. The molecule has 10 nitrogen and oxygen atoms in total. The van der Waals surface area contributed by atoms with Gasteiger partial charge in [0, 0.05) is 41.5 Å². The molecular formula is C46H50N4O6Si. The maximum atomic E-state index is 15.4. The van der Waals surface area contributed by atoms with Crippen LogP contribution >= 0.6 is 0 Å². The molecular weight excluding hydrogens is 733 g/mol. The summed E-state index contributed by atoms with van der Waals surface area (Å²) in [4.78, 5) is 46.7. The van der Waals surface area contributed by atoms with Crippen molar-refractivity contribution in [3.8, 4) is 5.75 Å². The fraction of sp³-hybridized carbons (Fsp3) is 0.283. The molecule has 294 valence electrons. The third kappa shape index (κ3) is 7.70. The van der Waals surface area contributed by atoms with Gasteiger partial charge in [0.25, 0.3) is 11.8 Å². The first kappa shape index (κ1) is 39.5. The first-order valence-electron chi connectivity index (χ1n) is 19.4. The van der Waals surface area contributed by atoms with Crippen molar-refractivity contribution >= 4 is 48.0 Å². The molecule has 0 aromatic heterocycles. The number of hydrogen-bond donors (Lipinski definition) is 3. The third-order valence-electron chi connectivity index (χ3n) is 11.8. The molecule has 2 heterocycles. The smallest absolute Gasteiger partial charge is 0.264 e. The quantitative estimate of drug-likeness (QED) is 0.0894. The average molecular weight is 783 g/mol. The summed E-state index contributed by atoms with van der Waals surface area (Å²) in [5.74, 6) is -0.316. The highest BCUT2D eigenvalue weighted by molar-refractivity contribution is 6.91. The molecule has 1 spiro atoms. The topological polar surface area (TPSA) is 134 Å². The van der Waals surface area contributed by atoms with Crippen LogP contribution in [0.4, 0.5) is 17.1 Å². The number of amides is 3. The van der Waals surface area contributed by atoms with Crippen molar-refractivity contribution in [3.05, 3.63) is 150 Å². The van der Waals surface area contributed by atoms with Gasteiger partial charge in [0.15, 0.2) is 5.60 Å². The first-order chi connectivity index (χ1) is 27.5. The second-order valence-corrected chi connectivity index (χ2v) is 20.3. The van der Waals surface area contributed by atoms with Crippen LogP contribution in [0.2, 0.25) is 18.6 Å². The molecule has 11 heteroatoms. The number of hydrogen-bond acceptors (Lipinski definition) is 7. The highest BCUT2D eigenvalue weighted by Crippen LogP contribution is 2.60. The number of methoxy groups -OCH3 is 1. The third-order valence-corrected chi connectivity index (χ3v) is 16.1. The molecule has 0 unspecified atom stereocenters. The van der Waals surface area contributed by atoms with Crippen molar-refractivity contribution in [2.75, 3.05) is 36.2 Å². The van der Waals surface area contributed by atoms with Crippen LogP contribution in [0.1, 0.15) is 40.4 Å². The Morgan fingerprint density at radius 3 is 2.19 bits per heavy atom. The Balaban J connectivity index is 1.32. The summed E-state index contributed by atoms with van der Waals surface area (Å²) < 4.78 is 12.8. The van der Waals surface area contributed by atoms with Gasteiger partial charge in [-0.3, -0.25) is 14.4 Å². The molecule has 3 amide bonds. The lowest BCUT2D eigenvalue weighted by Gasteiger charge is -2.37. The number of rotatable bonds is 13. The zero-order valence-electron chi connectivity index (χ0n) is 32.9. The van der Waals surface area contributed by atoms with E-state index in [9.17, 15) is 14.7 Å². The monoisotopic (exact) mass is 782 g/mol. The Morgan fingerprint density at radius 1 is 0.912 bits per heavy atom. The summed E-state index contributed by atoms with van der Waals surface area (Å²) in [6.07, 6.45) is -0.625. The number of benzene rings is 5. The van der Waals surface area contributed by atoms with Crippen LogP contribution in [-0.2, 0) is 33.0 Å². The van der Waals surface area contributed by atoms with Crippen LogP contribution in [0.25, 0.3) is 0 Å². The second kappa shape index (κ2) is 16.4. The van der Waals surface area contributed by atoms with Crippen LogP contribution in [0.3, 0.4) is 0 Å². The Kier molecular flexibility index (Phi) is 11.3. The predicted molar refractivity (Wildman–Crippen MR) is 226 cm³/mol. The van der Waals surface area contributed by atoms with Crippen LogP contribution in [0, 0.1) is 5.92 Å². The van der Waals surface area contributed by atoms with E-state index in [2.05, 4.69) is 37.5 Å². The number of aliphatic hydroxyl groups excluding tert-OH is 1. The van der Waals surface area contributed by atoms with Gasteiger partial charge < -0.3 is 35.4 Å². The van der Waals surface area contributed by atoms with E-state index in [1.165, 1.54) is 0 Å². The molecule has 4 N–H and O–H groups in total. The fourth-order valence-corrected chi connectivity index (χ4v) is 12.9. The van der Waals surface area contributed by atoms with Gasteiger partial charge in [0.2, 0.25) is 5.91 Å². The van der Waals surface area contributed by atoms with Gasteiger partial charge in [-0.05, 0) is 71.3 Å². The summed E-state index contributed by atoms with van der Waals surface area (Å²) in [6, 6.07) is 39.9. The summed E-state index contributed by atoms with van der Waals surface area (Å²) in [6.45, 7) is 7.25. The number of anilines is 3. The summed E-state index contributed by atoms with van der Waals surface area (Å²) in [7, 11) is -0.944. The zero-order chi connectivity index (χ0) is 40.3. The van der Waals surface area contributed by atoms with E-state index in [0.717, 1.165) is 22.1 Å². The van der Waals surface area contributed by atoms with Crippen LogP contribution in [0.15, 0.2) is 127 Å². The number of fused-ring (bicyclic) bond motifs is 2. The lowest BCUT2D eigenvalue weighted by molar-refractivity contribution is -0.150. The number of carbonyl (C=O) groups excluding carboxylic acids is 3. The lowest BCUT2D eigenvalue weighted by atomic mass is 9.82. The molecule has 0 radical (unpaired) electrons. The first-order valence-corrected chi connectivity index (χ1v) is 22.5. The highest BCUT2D eigenvalue weighted by atomic mass is 28.3. The minimum atomic E-state index is -2.58. The number of ether oxygens (including phenoxy) is 2. The largest absolute Gasteiger partial charge is 0.497 e. The fourth-order valence-electron chi connectivity index (χ4n) is 8.87. The van der Waals surface area contributed by atoms with E-state index in [1.807, 2.05) is 91.0 Å². The highest BCUT2D eigenvalue weighted by Gasteiger charge is 2.66. The molecule has 1 saturated heterocycles. The molecule has 2 aliphatic rings. The van der Waals surface area contributed by atoms with Crippen molar-refractivity contribution < 1.29 is 29.0 Å². The maximum absolute atomic E-state index is 15.4. The van der Waals surface area contributed by atoms with E-state index < -0.39 is 19.8 Å². The number of nitrogens with zero attached hydrogens (tertiary/aromatic N) is 2. The Hall–Kier alpha value is -5.75. The Morgan fingerprint density at radius 2 is 1.56 bits per heavy atom. The Labute approximate surface area is 335 Å². The van der Waals surface area contributed by atoms with E-state index in [4.69, 9.17) is 15.2 Å². The molecule has 0 bridgehead atoms. The van der Waals surface area contributed by atoms with Crippen LogP contribution in [0.5, 0.6) is 5.75 Å². The minimum Gasteiger partial charge on any atom is -0.497 e. The van der Waals surface area contributed by atoms with Crippen LogP contribution < -0.4 is 25.9 Å². The summed E-state index contributed by atoms with van der Waals surface area (Å²) in [5.41, 5.74) is 8.99. The second-order valence-electron chi connectivity index (χ2n) is 15.6. The summed E-state index contributed by atoms with van der Waals surface area (Å²) in [5, 5.41) is 14.2. The zero-order valence-corrected chi connectivity index (χ0v) is 33.9. The predicted octanol–water partition coefficient (Wildman–Crippen LogP) is 6.70. The molecule has 7 rings (SSSR count). The van der Waals surface area contributed by atoms with E-state index in [1.54, 1.807) is 41.2 Å². The normalized spacial score (nSPS) is 20.1. The lowest BCUT2D eigenvalue weighted by Crippen LogP contribution is -2.52. The van der Waals surface area contributed by atoms with Crippen molar-refractivity contribution in [3.63, 3.8) is 0 Å². The number of carbonyl (C=O) groups is 3. The van der Waals surface area contributed by atoms with Gasteiger partial charge in [0.1, 0.15) is 5.75 Å². The van der Waals surface area contributed by atoms with E-state index >= 15 is 4.79 Å². The van der Waals surface area contributed by atoms with Crippen LogP contribution in [-0.4, -0.2) is 62.2 Å². The van der Waals surface area contributed by atoms with Gasteiger partial charge in [-0.1, -0.05) is 98.0 Å². The van der Waals surface area contributed by atoms with Gasteiger partial charge in [0.05, 0.1) is 46.5 Å². The Bertz CT molecular complexity index is 2220. The molecule has 5 aromatic carbocycles. The van der Waals surface area contributed by atoms with Crippen molar-refractivity contribution in [1.29, 1.82) is 0 Å². The van der Waals surface area contributed by atoms with Gasteiger partial charge in [-0.2, -0.15) is 0 Å². The van der Waals surface area contributed by atoms with Crippen molar-refractivity contribution in [1.82, 2.24) is 4.90 Å². The SMILES string of the molecule is COc1ccc([Si](C)(C)[C@@H]2[C@@H](CC(=O)N(CCO)Cc3ccccc3)O[C@]3(C(=O)N(Cc4ccccc4)c4ccc(NC(=O)c5ccc(N)cc5)cc43)[C@H]2C)cc1. The number of nitrogens with two attached hydrogens (primary N) is 1. The molecule has 0 saturated carbocycles. The molecule has 0 aliphatic carbocycles. The van der Waals surface area contributed by atoms with E-state index in [-0.39, 0.29) is 48.8 Å². The number of nitrogens with one attached hydrogen (secondary N) is 1. The van der Waals surface area contributed by atoms with Gasteiger partial charge in [-0.15, -0.1) is 0 Å².